The zero-order valence-corrected chi connectivity index (χ0v) is 14.1. The largest absolute Gasteiger partial charge is 0.326 e. The lowest BCUT2D eigenvalue weighted by atomic mass is 9.85. The van der Waals surface area contributed by atoms with Crippen LogP contribution in [0.1, 0.15) is 37.7 Å². The highest BCUT2D eigenvalue weighted by atomic mass is 79.9. The average Bonchev–Trinajstić information content (AvgIpc) is 2.56. The molecule has 19 heavy (non-hydrogen) atoms. The minimum absolute atomic E-state index is 0.152. The summed E-state index contributed by atoms with van der Waals surface area (Å²) in [5, 5.41) is 0. The topological polar surface area (TPSA) is 17.8 Å². The van der Waals surface area contributed by atoms with Gasteiger partial charge in [-0.2, -0.15) is 0 Å². The molecule has 3 heteroatoms. The molecule has 0 aliphatic rings. The fraction of sp³-hybridized carbons (Fsp3) is 0.438. The van der Waals surface area contributed by atoms with Crippen molar-refractivity contribution in [3.05, 3.63) is 39.8 Å². The predicted molar refractivity (Wildman–Crippen MR) is 84.5 cm³/mol. The third-order valence-electron chi connectivity index (χ3n) is 3.61. The van der Waals surface area contributed by atoms with Crippen LogP contribution in [0.15, 0.2) is 22.8 Å². The Kier molecular flexibility index (Phi) is 3.61. The smallest absolute Gasteiger partial charge is 0.112 e. The summed E-state index contributed by atoms with van der Waals surface area (Å²) in [7, 11) is 2.03. The Morgan fingerprint density at radius 3 is 2.26 bits per heavy atom. The number of imidazole rings is 1. The van der Waals surface area contributed by atoms with Crippen LogP contribution in [-0.4, -0.2) is 9.55 Å². The van der Waals surface area contributed by atoms with Crippen LogP contribution in [0.2, 0.25) is 0 Å². The Bertz CT molecular complexity index is 618. The van der Waals surface area contributed by atoms with Crippen molar-refractivity contribution in [2.45, 2.75) is 40.0 Å². The molecule has 0 N–H and O–H groups in total. The van der Waals surface area contributed by atoms with Crippen molar-refractivity contribution in [1.82, 2.24) is 9.55 Å². The van der Waals surface area contributed by atoms with Crippen LogP contribution in [0.3, 0.4) is 0 Å². The number of aromatic nitrogens is 2. The third kappa shape index (κ3) is 2.62. The Balaban J connectivity index is 2.65. The van der Waals surface area contributed by atoms with Crippen LogP contribution in [0.4, 0.5) is 0 Å². The van der Waals surface area contributed by atoms with Crippen molar-refractivity contribution >= 4 is 15.9 Å². The van der Waals surface area contributed by atoms with E-state index in [1.807, 2.05) is 14.0 Å². The van der Waals surface area contributed by atoms with Gasteiger partial charge in [-0.1, -0.05) is 32.9 Å². The highest BCUT2D eigenvalue weighted by Crippen LogP contribution is 2.33. The predicted octanol–water partition coefficient (Wildman–Crippen LogP) is 4.76. The highest BCUT2D eigenvalue weighted by Gasteiger charge is 2.18. The van der Waals surface area contributed by atoms with Crippen molar-refractivity contribution < 1.29 is 0 Å². The first kappa shape index (κ1) is 14.3. The number of aryl methyl sites for hydroxylation is 2. The van der Waals surface area contributed by atoms with Crippen LogP contribution in [0, 0.1) is 13.8 Å². The molecule has 1 aromatic heterocycles. The van der Waals surface area contributed by atoms with Gasteiger partial charge < -0.3 is 4.57 Å². The van der Waals surface area contributed by atoms with Crippen molar-refractivity contribution in [3.8, 4) is 11.3 Å². The van der Waals surface area contributed by atoms with E-state index in [0.29, 0.717) is 0 Å². The van der Waals surface area contributed by atoms with E-state index in [-0.39, 0.29) is 5.41 Å². The third-order valence-corrected chi connectivity index (χ3v) is 4.52. The van der Waals surface area contributed by atoms with Crippen molar-refractivity contribution in [2.24, 2.45) is 7.05 Å². The van der Waals surface area contributed by atoms with Gasteiger partial charge in [0, 0.05) is 12.6 Å². The zero-order valence-electron chi connectivity index (χ0n) is 12.5. The van der Waals surface area contributed by atoms with Gasteiger partial charge >= 0.3 is 0 Å². The molecule has 0 saturated carbocycles. The molecule has 2 nitrogen and oxygen atoms in total. The summed E-state index contributed by atoms with van der Waals surface area (Å²) in [5.74, 6) is 1.02. The number of halogens is 1. The lowest BCUT2D eigenvalue weighted by Crippen LogP contribution is -2.11. The summed E-state index contributed by atoms with van der Waals surface area (Å²) in [5.41, 5.74) is 4.99. The quantitative estimate of drug-likeness (QED) is 0.740. The number of benzene rings is 1. The molecule has 0 aliphatic heterocycles. The molecule has 0 bridgehead atoms. The lowest BCUT2D eigenvalue weighted by molar-refractivity contribution is 0.590. The lowest BCUT2D eigenvalue weighted by Gasteiger charge is -2.20. The molecular formula is C16H21BrN2. The maximum Gasteiger partial charge on any atom is 0.112 e. The second kappa shape index (κ2) is 4.78. The van der Waals surface area contributed by atoms with Crippen LogP contribution >= 0.6 is 15.9 Å². The molecule has 0 fully saturated rings. The van der Waals surface area contributed by atoms with Crippen molar-refractivity contribution in [2.75, 3.05) is 0 Å². The number of nitrogens with zero attached hydrogens (tertiary/aromatic N) is 2. The molecule has 1 aromatic carbocycles. The minimum Gasteiger partial charge on any atom is -0.326 e. The van der Waals surface area contributed by atoms with Gasteiger partial charge in [0.1, 0.15) is 16.1 Å². The fourth-order valence-corrected chi connectivity index (χ4v) is 2.66. The minimum atomic E-state index is 0.152. The Labute approximate surface area is 124 Å². The summed E-state index contributed by atoms with van der Waals surface area (Å²) in [6.45, 7) is 10.9. The first-order valence-corrected chi connectivity index (χ1v) is 7.31. The molecule has 1 heterocycles. The molecule has 0 aliphatic carbocycles. The molecule has 0 spiro atoms. The number of rotatable bonds is 1. The van der Waals surface area contributed by atoms with E-state index in [1.165, 1.54) is 16.7 Å². The molecule has 0 saturated heterocycles. The standard InChI is InChI=1S/C16H21BrN2/c1-10-7-8-12(16(3,4)5)9-13(10)14-15(17)19(6)11(2)18-14/h7-9H,1-6H3. The van der Waals surface area contributed by atoms with Crippen molar-refractivity contribution in [1.29, 1.82) is 0 Å². The number of hydrogen-bond acceptors (Lipinski definition) is 1. The van der Waals surface area contributed by atoms with E-state index in [4.69, 9.17) is 0 Å². The molecule has 0 amide bonds. The molecule has 2 rings (SSSR count). The zero-order chi connectivity index (χ0) is 14.4. The maximum atomic E-state index is 4.68. The van der Waals surface area contributed by atoms with Crippen LogP contribution in [-0.2, 0) is 12.5 Å². The normalized spacial score (nSPS) is 11.9. The molecule has 102 valence electrons. The van der Waals surface area contributed by atoms with E-state index in [0.717, 1.165) is 16.1 Å². The van der Waals surface area contributed by atoms with Gasteiger partial charge in [-0.25, -0.2) is 4.98 Å². The fourth-order valence-electron chi connectivity index (χ4n) is 2.10. The second-order valence-corrected chi connectivity index (χ2v) is 6.89. The van der Waals surface area contributed by atoms with Gasteiger partial charge in [-0.3, -0.25) is 0 Å². The molecule has 0 unspecified atom stereocenters. The summed E-state index contributed by atoms with van der Waals surface area (Å²) in [4.78, 5) is 4.68. The van der Waals surface area contributed by atoms with E-state index in [2.05, 4.69) is 71.4 Å². The molecular weight excluding hydrogens is 300 g/mol. The average molecular weight is 321 g/mol. The van der Waals surface area contributed by atoms with Gasteiger partial charge in [-0.15, -0.1) is 0 Å². The van der Waals surface area contributed by atoms with E-state index in [1.54, 1.807) is 0 Å². The van der Waals surface area contributed by atoms with Gasteiger partial charge in [-0.05, 0) is 52.4 Å². The van der Waals surface area contributed by atoms with Gasteiger partial charge in [0.25, 0.3) is 0 Å². The maximum absolute atomic E-state index is 4.68. The Morgan fingerprint density at radius 1 is 1.16 bits per heavy atom. The first-order valence-electron chi connectivity index (χ1n) is 6.52. The number of hydrogen-bond donors (Lipinski definition) is 0. The van der Waals surface area contributed by atoms with Gasteiger partial charge in [0.2, 0.25) is 0 Å². The SMILES string of the molecule is Cc1ccc(C(C)(C)C)cc1-c1nc(C)n(C)c1Br. The summed E-state index contributed by atoms with van der Waals surface area (Å²) >= 11 is 3.65. The van der Waals surface area contributed by atoms with E-state index < -0.39 is 0 Å². The first-order chi connectivity index (χ1) is 8.71. The van der Waals surface area contributed by atoms with Gasteiger partial charge in [0.15, 0.2) is 0 Å². The van der Waals surface area contributed by atoms with Gasteiger partial charge in [0.05, 0.1) is 0 Å². The van der Waals surface area contributed by atoms with Crippen molar-refractivity contribution in [3.63, 3.8) is 0 Å². The Morgan fingerprint density at radius 2 is 1.79 bits per heavy atom. The van der Waals surface area contributed by atoms with Crippen LogP contribution in [0.25, 0.3) is 11.3 Å². The Hall–Kier alpha value is -1.09. The highest BCUT2D eigenvalue weighted by molar-refractivity contribution is 9.10. The summed E-state index contributed by atoms with van der Waals surface area (Å²) in [6.07, 6.45) is 0. The monoisotopic (exact) mass is 320 g/mol. The van der Waals surface area contributed by atoms with Crippen LogP contribution in [0.5, 0.6) is 0 Å². The molecule has 2 aromatic rings. The molecule has 0 radical (unpaired) electrons. The van der Waals surface area contributed by atoms with E-state index >= 15 is 0 Å². The van der Waals surface area contributed by atoms with E-state index in [9.17, 15) is 0 Å². The summed E-state index contributed by atoms with van der Waals surface area (Å²) < 4.78 is 3.11. The van der Waals surface area contributed by atoms with Crippen LogP contribution < -0.4 is 0 Å². The summed E-state index contributed by atoms with van der Waals surface area (Å²) in [6, 6.07) is 6.66. The molecule has 0 atom stereocenters. The second-order valence-electron chi connectivity index (χ2n) is 6.14.